The Bertz CT molecular complexity index is 498. The number of aryl methyl sites for hydroxylation is 1. The Balaban J connectivity index is 2.88. The number of aromatic carboxylic acids is 1. The summed E-state index contributed by atoms with van der Waals surface area (Å²) in [5.74, 6) is -0.735. The van der Waals surface area contributed by atoms with E-state index in [-0.39, 0.29) is 17.6 Å². The normalized spacial score (nSPS) is 12.1. The SMILES string of the molecule is CCC(NC(=O)Nc1c(C)cccc1C(=O)O)C(C)C. The van der Waals surface area contributed by atoms with Crippen LogP contribution in [-0.4, -0.2) is 23.1 Å². The zero-order valence-corrected chi connectivity index (χ0v) is 12.4. The number of hydrogen-bond acceptors (Lipinski definition) is 2. The van der Waals surface area contributed by atoms with Gasteiger partial charge in [-0.05, 0) is 30.9 Å². The fourth-order valence-corrected chi connectivity index (χ4v) is 2.07. The second-order valence-corrected chi connectivity index (χ2v) is 5.16. The summed E-state index contributed by atoms with van der Waals surface area (Å²) in [6, 6.07) is 4.59. The number of rotatable bonds is 5. The smallest absolute Gasteiger partial charge is 0.337 e. The van der Waals surface area contributed by atoms with Gasteiger partial charge in [0.2, 0.25) is 0 Å². The second kappa shape index (κ2) is 6.93. The molecule has 0 fully saturated rings. The maximum atomic E-state index is 12.0. The summed E-state index contributed by atoms with van der Waals surface area (Å²) in [5.41, 5.74) is 1.16. The molecular weight excluding hydrogens is 256 g/mol. The Hall–Kier alpha value is -2.04. The predicted molar refractivity (Wildman–Crippen MR) is 79.2 cm³/mol. The maximum Gasteiger partial charge on any atom is 0.337 e. The molecule has 0 saturated heterocycles. The largest absolute Gasteiger partial charge is 0.478 e. The van der Waals surface area contributed by atoms with Gasteiger partial charge in [0.15, 0.2) is 0 Å². The van der Waals surface area contributed by atoms with Gasteiger partial charge in [0, 0.05) is 6.04 Å². The molecule has 2 amide bonds. The summed E-state index contributed by atoms with van der Waals surface area (Å²) < 4.78 is 0. The number of hydrogen-bond donors (Lipinski definition) is 3. The van der Waals surface area contributed by atoms with Crippen LogP contribution in [0.25, 0.3) is 0 Å². The number of para-hydroxylation sites is 1. The van der Waals surface area contributed by atoms with Crippen molar-refractivity contribution in [3.8, 4) is 0 Å². The van der Waals surface area contributed by atoms with Gasteiger partial charge >= 0.3 is 12.0 Å². The first kappa shape index (κ1) is 16.0. The molecule has 5 heteroatoms. The van der Waals surface area contributed by atoms with E-state index in [1.807, 2.05) is 20.8 Å². The Morgan fingerprint density at radius 2 is 1.95 bits per heavy atom. The molecule has 20 heavy (non-hydrogen) atoms. The van der Waals surface area contributed by atoms with E-state index in [0.29, 0.717) is 11.6 Å². The first-order valence-electron chi connectivity index (χ1n) is 6.77. The van der Waals surface area contributed by atoms with E-state index in [2.05, 4.69) is 10.6 Å². The molecule has 1 rings (SSSR count). The highest BCUT2D eigenvalue weighted by Gasteiger charge is 2.17. The minimum atomic E-state index is -1.06. The van der Waals surface area contributed by atoms with Crippen LogP contribution in [0.1, 0.15) is 43.1 Å². The summed E-state index contributed by atoms with van der Waals surface area (Å²) in [6.07, 6.45) is 0.824. The number of amides is 2. The molecule has 5 nitrogen and oxygen atoms in total. The fraction of sp³-hybridized carbons (Fsp3) is 0.467. The van der Waals surface area contributed by atoms with Crippen LogP contribution in [-0.2, 0) is 0 Å². The van der Waals surface area contributed by atoms with Crippen LogP contribution in [0.4, 0.5) is 10.5 Å². The molecule has 0 heterocycles. The molecule has 3 N–H and O–H groups in total. The number of urea groups is 1. The Kier molecular flexibility index (Phi) is 5.55. The third-order valence-corrected chi connectivity index (χ3v) is 3.30. The zero-order valence-electron chi connectivity index (χ0n) is 12.4. The Morgan fingerprint density at radius 3 is 2.45 bits per heavy atom. The first-order valence-corrected chi connectivity index (χ1v) is 6.77. The summed E-state index contributed by atoms with van der Waals surface area (Å²) >= 11 is 0. The maximum absolute atomic E-state index is 12.0. The zero-order chi connectivity index (χ0) is 15.3. The summed E-state index contributed by atoms with van der Waals surface area (Å²) in [6.45, 7) is 7.83. The molecule has 0 spiro atoms. The molecule has 0 aliphatic carbocycles. The minimum Gasteiger partial charge on any atom is -0.478 e. The van der Waals surface area contributed by atoms with Gasteiger partial charge in [-0.1, -0.05) is 32.9 Å². The molecule has 1 aromatic rings. The van der Waals surface area contributed by atoms with Crippen molar-refractivity contribution in [1.29, 1.82) is 0 Å². The van der Waals surface area contributed by atoms with Gasteiger partial charge in [-0.3, -0.25) is 0 Å². The molecule has 1 atom stereocenters. The molecule has 0 aliphatic heterocycles. The van der Waals surface area contributed by atoms with Gasteiger partial charge in [-0.25, -0.2) is 9.59 Å². The summed E-state index contributed by atoms with van der Waals surface area (Å²) in [5, 5.41) is 14.7. The highest BCUT2D eigenvalue weighted by atomic mass is 16.4. The van der Waals surface area contributed by atoms with Crippen LogP contribution in [0, 0.1) is 12.8 Å². The van der Waals surface area contributed by atoms with E-state index in [1.54, 1.807) is 19.1 Å². The quantitative estimate of drug-likeness (QED) is 0.773. The van der Waals surface area contributed by atoms with Gasteiger partial charge in [0.05, 0.1) is 11.3 Å². The Labute approximate surface area is 119 Å². The van der Waals surface area contributed by atoms with Crippen LogP contribution in [0.3, 0.4) is 0 Å². The van der Waals surface area contributed by atoms with E-state index in [0.717, 1.165) is 12.0 Å². The van der Waals surface area contributed by atoms with E-state index >= 15 is 0 Å². The van der Waals surface area contributed by atoms with Crippen molar-refractivity contribution >= 4 is 17.7 Å². The van der Waals surface area contributed by atoms with Crippen LogP contribution in [0.2, 0.25) is 0 Å². The molecule has 110 valence electrons. The van der Waals surface area contributed by atoms with Crippen molar-refractivity contribution in [2.24, 2.45) is 5.92 Å². The summed E-state index contributed by atoms with van der Waals surface area (Å²) in [4.78, 5) is 23.2. The van der Waals surface area contributed by atoms with Gasteiger partial charge in [-0.15, -0.1) is 0 Å². The molecule has 0 aromatic heterocycles. The van der Waals surface area contributed by atoms with E-state index in [9.17, 15) is 9.59 Å². The molecular formula is C15H22N2O3. The van der Waals surface area contributed by atoms with E-state index in [1.165, 1.54) is 6.07 Å². The van der Waals surface area contributed by atoms with Crippen molar-refractivity contribution in [3.05, 3.63) is 29.3 Å². The van der Waals surface area contributed by atoms with Crippen molar-refractivity contribution in [3.63, 3.8) is 0 Å². The highest BCUT2D eigenvalue weighted by Crippen LogP contribution is 2.20. The fourth-order valence-electron chi connectivity index (χ4n) is 2.07. The third kappa shape index (κ3) is 3.98. The lowest BCUT2D eigenvalue weighted by molar-refractivity contribution is 0.0698. The van der Waals surface area contributed by atoms with Crippen LogP contribution in [0.15, 0.2) is 18.2 Å². The van der Waals surface area contributed by atoms with Crippen molar-refractivity contribution in [2.45, 2.75) is 40.2 Å². The average Bonchev–Trinajstić information content (AvgIpc) is 2.37. The highest BCUT2D eigenvalue weighted by molar-refractivity contribution is 6.01. The number of anilines is 1. The number of carbonyl (C=O) groups excluding carboxylic acids is 1. The standard InChI is InChI=1S/C15H22N2O3/c1-5-12(9(2)3)16-15(20)17-13-10(4)7-6-8-11(13)14(18)19/h6-9,12H,5H2,1-4H3,(H,18,19)(H2,16,17,20). The molecule has 0 bridgehead atoms. The van der Waals surface area contributed by atoms with Crippen LogP contribution < -0.4 is 10.6 Å². The van der Waals surface area contributed by atoms with Crippen molar-refractivity contribution in [1.82, 2.24) is 5.32 Å². The predicted octanol–water partition coefficient (Wildman–Crippen LogP) is 3.25. The second-order valence-electron chi connectivity index (χ2n) is 5.16. The van der Waals surface area contributed by atoms with E-state index < -0.39 is 5.97 Å². The van der Waals surface area contributed by atoms with Crippen LogP contribution in [0.5, 0.6) is 0 Å². The number of carboxylic acids is 1. The molecule has 0 aliphatic rings. The molecule has 0 radical (unpaired) electrons. The minimum absolute atomic E-state index is 0.0623. The van der Waals surface area contributed by atoms with Crippen molar-refractivity contribution in [2.75, 3.05) is 5.32 Å². The monoisotopic (exact) mass is 278 g/mol. The van der Waals surface area contributed by atoms with Gasteiger partial charge < -0.3 is 15.7 Å². The van der Waals surface area contributed by atoms with E-state index in [4.69, 9.17) is 5.11 Å². The average molecular weight is 278 g/mol. The van der Waals surface area contributed by atoms with Gasteiger partial charge in [-0.2, -0.15) is 0 Å². The third-order valence-electron chi connectivity index (χ3n) is 3.30. The number of carboxylic acid groups (broad SMARTS) is 1. The van der Waals surface area contributed by atoms with Gasteiger partial charge in [0.1, 0.15) is 0 Å². The number of carbonyl (C=O) groups is 2. The first-order chi connectivity index (χ1) is 9.36. The molecule has 1 unspecified atom stereocenters. The lowest BCUT2D eigenvalue weighted by Crippen LogP contribution is -2.41. The molecule has 1 aromatic carbocycles. The molecule has 0 saturated carbocycles. The summed E-state index contributed by atoms with van der Waals surface area (Å²) in [7, 11) is 0. The lowest BCUT2D eigenvalue weighted by atomic mass is 10.0. The van der Waals surface area contributed by atoms with Crippen LogP contribution >= 0.6 is 0 Å². The Morgan fingerprint density at radius 1 is 1.30 bits per heavy atom. The topological polar surface area (TPSA) is 78.4 Å². The van der Waals surface area contributed by atoms with Gasteiger partial charge in [0.25, 0.3) is 0 Å². The number of benzene rings is 1. The number of nitrogens with one attached hydrogen (secondary N) is 2. The van der Waals surface area contributed by atoms with Crippen molar-refractivity contribution < 1.29 is 14.7 Å². The lowest BCUT2D eigenvalue weighted by Gasteiger charge is -2.21.